The molecular formula is C7H7N5. The van der Waals surface area contributed by atoms with Crippen molar-refractivity contribution in [3.8, 4) is 0 Å². The molecule has 0 aliphatic rings. The second-order valence-electron chi connectivity index (χ2n) is 2.35. The Kier molecular flexibility index (Phi) is 1.30. The second-order valence-corrected chi connectivity index (χ2v) is 2.35. The number of hydrogen-bond donors (Lipinski definition) is 2. The molecule has 5 nitrogen and oxygen atoms in total. The van der Waals surface area contributed by atoms with Gasteiger partial charge in [-0.2, -0.15) is 5.10 Å². The van der Waals surface area contributed by atoms with E-state index in [1.54, 1.807) is 18.3 Å². The highest BCUT2D eigenvalue weighted by Crippen LogP contribution is 2.01. The lowest BCUT2D eigenvalue weighted by Crippen LogP contribution is -2.14. The fourth-order valence-corrected chi connectivity index (χ4v) is 1.01. The third-order valence-electron chi connectivity index (χ3n) is 1.55. The van der Waals surface area contributed by atoms with Crippen LogP contribution in [0, 0.1) is 5.41 Å². The Morgan fingerprint density at radius 2 is 2.42 bits per heavy atom. The standard InChI is InChI=1S/C7H7N5/c8-7(9)5-4-10-6-2-1-3-11-12(5)6/h1-4H,(H3,8,9). The zero-order valence-electron chi connectivity index (χ0n) is 6.23. The molecule has 0 aliphatic heterocycles. The van der Waals surface area contributed by atoms with Crippen LogP contribution in [-0.4, -0.2) is 20.4 Å². The smallest absolute Gasteiger partial charge is 0.154 e. The summed E-state index contributed by atoms with van der Waals surface area (Å²) in [6, 6.07) is 3.59. The van der Waals surface area contributed by atoms with E-state index >= 15 is 0 Å². The van der Waals surface area contributed by atoms with Crippen molar-refractivity contribution in [2.75, 3.05) is 0 Å². The Morgan fingerprint density at radius 1 is 1.58 bits per heavy atom. The average Bonchev–Trinajstić information content (AvgIpc) is 2.47. The van der Waals surface area contributed by atoms with Crippen LogP contribution in [-0.2, 0) is 0 Å². The maximum absolute atomic E-state index is 7.21. The highest BCUT2D eigenvalue weighted by atomic mass is 15.3. The number of aromatic nitrogens is 3. The molecule has 2 aromatic heterocycles. The van der Waals surface area contributed by atoms with Gasteiger partial charge in [-0.1, -0.05) is 0 Å². The van der Waals surface area contributed by atoms with Crippen LogP contribution >= 0.6 is 0 Å². The van der Waals surface area contributed by atoms with E-state index < -0.39 is 0 Å². The van der Waals surface area contributed by atoms with E-state index in [0.717, 1.165) is 0 Å². The first-order valence-corrected chi connectivity index (χ1v) is 3.42. The Balaban J connectivity index is 2.79. The van der Waals surface area contributed by atoms with E-state index in [9.17, 15) is 0 Å². The van der Waals surface area contributed by atoms with Crippen molar-refractivity contribution in [3.63, 3.8) is 0 Å². The molecule has 60 valence electrons. The predicted molar refractivity (Wildman–Crippen MR) is 44.0 cm³/mol. The summed E-state index contributed by atoms with van der Waals surface area (Å²) < 4.78 is 1.53. The number of hydrogen-bond acceptors (Lipinski definition) is 3. The van der Waals surface area contributed by atoms with Crippen LogP contribution in [0.3, 0.4) is 0 Å². The van der Waals surface area contributed by atoms with Crippen LogP contribution < -0.4 is 5.73 Å². The molecule has 0 spiro atoms. The van der Waals surface area contributed by atoms with Gasteiger partial charge in [-0.15, -0.1) is 0 Å². The van der Waals surface area contributed by atoms with E-state index in [0.29, 0.717) is 11.3 Å². The van der Waals surface area contributed by atoms with Crippen molar-refractivity contribution in [2.24, 2.45) is 5.73 Å². The number of amidine groups is 1. The molecular weight excluding hydrogens is 154 g/mol. The molecule has 0 bridgehead atoms. The quantitative estimate of drug-likeness (QED) is 0.456. The zero-order valence-corrected chi connectivity index (χ0v) is 6.23. The van der Waals surface area contributed by atoms with Gasteiger partial charge in [0.05, 0.1) is 6.20 Å². The van der Waals surface area contributed by atoms with Gasteiger partial charge in [0.1, 0.15) is 11.5 Å². The fourth-order valence-electron chi connectivity index (χ4n) is 1.01. The number of rotatable bonds is 1. The van der Waals surface area contributed by atoms with E-state index in [1.807, 2.05) is 0 Å². The summed E-state index contributed by atoms with van der Waals surface area (Å²) in [4.78, 5) is 4.02. The van der Waals surface area contributed by atoms with Gasteiger partial charge in [0.2, 0.25) is 0 Å². The summed E-state index contributed by atoms with van der Waals surface area (Å²) in [6.07, 6.45) is 3.16. The Bertz CT molecular complexity index is 430. The number of imidazole rings is 1. The highest BCUT2D eigenvalue weighted by Gasteiger charge is 2.04. The van der Waals surface area contributed by atoms with E-state index in [2.05, 4.69) is 10.1 Å². The molecule has 2 rings (SSSR count). The highest BCUT2D eigenvalue weighted by molar-refractivity contribution is 5.93. The fraction of sp³-hybridized carbons (Fsp3) is 0. The lowest BCUT2D eigenvalue weighted by Gasteiger charge is -1.95. The Labute approximate surface area is 68.3 Å². The van der Waals surface area contributed by atoms with Crippen LogP contribution in [0.5, 0.6) is 0 Å². The normalized spacial score (nSPS) is 10.3. The van der Waals surface area contributed by atoms with Gasteiger partial charge in [-0.25, -0.2) is 9.50 Å². The molecule has 0 aliphatic carbocycles. The van der Waals surface area contributed by atoms with Crippen LogP contribution in [0.2, 0.25) is 0 Å². The molecule has 0 unspecified atom stereocenters. The summed E-state index contributed by atoms with van der Waals surface area (Å²) in [5.41, 5.74) is 6.52. The largest absolute Gasteiger partial charge is 0.382 e. The van der Waals surface area contributed by atoms with Crippen LogP contribution in [0.1, 0.15) is 5.69 Å². The van der Waals surface area contributed by atoms with Crippen LogP contribution in [0.15, 0.2) is 24.5 Å². The summed E-state index contributed by atoms with van der Waals surface area (Å²) >= 11 is 0. The minimum Gasteiger partial charge on any atom is -0.382 e. The summed E-state index contributed by atoms with van der Waals surface area (Å²) in [5.74, 6) is -0.0267. The average molecular weight is 161 g/mol. The number of nitrogens with two attached hydrogens (primary N) is 1. The summed E-state index contributed by atoms with van der Waals surface area (Å²) in [5, 5.41) is 11.2. The summed E-state index contributed by atoms with van der Waals surface area (Å²) in [7, 11) is 0. The van der Waals surface area contributed by atoms with Gasteiger partial charge in [0.15, 0.2) is 5.65 Å². The first-order valence-electron chi connectivity index (χ1n) is 3.42. The Hall–Kier alpha value is -1.91. The maximum atomic E-state index is 7.21. The predicted octanol–water partition coefficient (Wildman–Crippen LogP) is 0.0134. The zero-order chi connectivity index (χ0) is 8.55. The van der Waals surface area contributed by atoms with Crippen LogP contribution in [0.25, 0.3) is 5.65 Å². The first-order chi connectivity index (χ1) is 5.79. The molecule has 0 amide bonds. The van der Waals surface area contributed by atoms with Crippen molar-refractivity contribution in [1.82, 2.24) is 14.6 Å². The number of nitrogens with zero attached hydrogens (tertiary/aromatic N) is 3. The van der Waals surface area contributed by atoms with Crippen molar-refractivity contribution in [2.45, 2.75) is 0 Å². The number of nitrogens with one attached hydrogen (secondary N) is 1. The van der Waals surface area contributed by atoms with Gasteiger partial charge in [0.25, 0.3) is 0 Å². The molecule has 0 aromatic carbocycles. The molecule has 0 radical (unpaired) electrons. The molecule has 0 atom stereocenters. The van der Waals surface area contributed by atoms with Gasteiger partial charge >= 0.3 is 0 Å². The molecule has 0 fully saturated rings. The monoisotopic (exact) mass is 161 g/mol. The topological polar surface area (TPSA) is 80.1 Å². The van der Waals surface area contributed by atoms with Crippen molar-refractivity contribution in [1.29, 1.82) is 5.41 Å². The van der Waals surface area contributed by atoms with Gasteiger partial charge in [-0.05, 0) is 12.1 Å². The molecule has 3 N–H and O–H groups in total. The molecule has 2 heterocycles. The van der Waals surface area contributed by atoms with Gasteiger partial charge in [0, 0.05) is 6.20 Å². The third kappa shape index (κ3) is 0.833. The van der Waals surface area contributed by atoms with Crippen molar-refractivity contribution >= 4 is 11.5 Å². The minimum atomic E-state index is -0.0267. The van der Waals surface area contributed by atoms with Crippen molar-refractivity contribution in [3.05, 3.63) is 30.2 Å². The van der Waals surface area contributed by atoms with Gasteiger partial charge < -0.3 is 5.73 Å². The van der Waals surface area contributed by atoms with Gasteiger partial charge in [-0.3, -0.25) is 5.41 Å². The number of nitrogen functional groups attached to an aromatic ring is 1. The number of fused-ring (bicyclic) bond motifs is 1. The van der Waals surface area contributed by atoms with E-state index in [1.165, 1.54) is 10.7 Å². The lowest BCUT2D eigenvalue weighted by molar-refractivity contribution is 0.922. The summed E-state index contributed by atoms with van der Waals surface area (Å²) in [6.45, 7) is 0. The SMILES string of the molecule is N=C(N)c1cnc2cccnn12. The first kappa shape index (κ1) is 6.78. The van der Waals surface area contributed by atoms with E-state index in [4.69, 9.17) is 11.1 Å². The van der Waals surface area contributed by atoms with Crippen LogP contribution in [0.4, 0.5) is 0 Å². The Morgan fingerprint density at radius 3 is 3.17 bits per heavy atom. The molecule has 12 heavy (non-hydrogen) atoms. The second kappa shape index (κ2) is 2.30. The van der Waals surface area contributed by atoms with Crippen molar-refractivity contribution < 1.29 is 0 Å². The molecule has 5 heteroatoms. The molecule has 0 saturated carbocycles. The molecule has 2 aromatic rings. The maximum Gasteiger partial charge on any atom is 0.154 e. The van der Waals surface area contributed by atoms with E-state index in [-0.39, 0.29) is 5.84 Å². The lowest BCUT2D eigenvalue weighted by atomic mass is 10.4. The third-order valence-corrected chi connectivity index (χ3v) is 1.55. The molecule has 0 saturated heterocycles. The minimum absolute atomic E-state index is 0.0267.